The average Bonchev–Trinajstić information content (AvgIpc) is 1.98. The predicted molar refractivity (Wildman–Crippen MR) is 45.5 cm³/mol. The summed E-state index contributed by atoms with van der Waals surface area (Å²) in [7, 11) is 0. The summed E-state index contributed by atoms with van der Waals surface area (Å²) in [6, 6.07) is 0. The van der Waals surface area contributed by atoms with Crippen molar-refractivity contribution >= 4 is 5.78 Å². The summed E-state index contributed by atoms with van der Waals surface area (Å²) in [5.41, 5.74) is 0. The van der Waals surface area contributed by atoms with Gasteiger partial charge in [-0.05, 0) is 18.9 Å². The first kappa shape index (κ1) is 10.4. The van der Waals surface area contributed by atoms with Crippen LogP contribution in [0.25, 0.3) is 0 Å². The summed E-state index contributed by atoms with van der Waals surface area (Å²) in [5, 5.41) is 0. The van der Waals surface area contributed by atoms with Gasteiger partial charge in [-0.1, -0.05) is 20.4 Å². The van der Waals surface area contributed by atoms with Gasteiger partial charge in [0.05, 0.1) is 0 Å². The van der Waals surface area contributed by atoms with Crippen LogP contribution < -0.4 is 0 Å². The molecule has 0 N–H and O–H groups in total. The molecule has 0 radical (unpaired) electrons. The number of hydrogen-bond acceptors (Lipinski definition) is 2. The molecule has 0 rings (SSSR count). The summed E-state index contributed by atoms with van der Waals surface area (Å²) >= 11 is 0. The molecule has 11 heavy (non-hydrogen) atoms. The van der Waals surface area contributed by atoms with E-state index >= 15 is 0 Å². The smallest absolute Gasteiger partial charge is 0.184 e. The first-order chi connectivity index (χ1) is 5.13. The molecule has 0 heterocycles. The van der Waals surface area contributed by atoms with Crippen LogP contribution in [0, 0.1) is 5.92 Å². The van der Waals surface area contributed by atoms with Crippen molar-refractivity contribution in [1.82, 2.24) is 0 Å². The molecule has 0 saturated carbocycles. The molecule has 0 saturated heterocycles. The van der Waals surface area contributed by atoms with E-state index in [4.69, 9.17) is 4.74 Å². The highest BCUT2D eigenvalue weighted by Gasteiger charge is 2.18. The Morgan fingerprint density at radius 2 is 2.18 bits per heavy atom. The SMILES string of the molecule is C=CC(=O)C(OCC)C(C)C. The van der Waals surface area contributed by atoms with Gasteiger partial charge in [-0.15, -0.1) is 0 Å². The third kappa shape index (κ3) is 3.33. The van der Waals surface area contributed by atoms with Crippen LogP contribution in [0.4, 0.5) is 0 Å². The van der Waals surface area contributed by atoms with Gasteiger partial charge in [0, 0.05) is 6.61 Å². The van der Waals surface area contributed by atoms with Crippen LogP contribution in [0.5, 0.6) is 0 Å². The average molecular weight is 156 g/mol. The topological polar surface area (TPSA) is 26.3 Å². The standard InChI is InChI=1S/C9H16O2/c1-5-8(10)9(7(3)4)11-6-2/h5,7,9H,1,6H2,2-4H3. The second-order valence-electron chi connectivity index (χ2n) is 2.73. The number of hydrogen-bond donors (Lipinski definition) is 0. The third-order valence-corrected chi connectivity index (χ3v) is 1.43. The van der Waals surface area contributed by atoms with Crippen molar-refractivity contribution < 1.29 is 9.53 Å². The fraction of sp³-hybridized carbons (Fsp3) is 0.667. The molecule has 1 atom stereocenters. The molecule has 2 heteroatoms. The van der Waals surface area contributed by atoms with Gasteiger partial charge in [0.15, 0.2) is 5.78 Å². The lowest BCUT2D eigenvalue weighted by atomic mass is 10.0. The van der Waals surface area contributed by atoms with Gasteiger partial charge in [0.1, 0.15) is 6.10 Å². The molecule has 0 spiro atoms. The van der Waals surface area contributed by atoms with Crippen LogP contribution in [0.15, 0.2) is 12.7 Å². The number of carbonyl (C=O) groups is 1. The lowest BCUT2D eigenvalue weighted by Crippen LogP contribution is -2.28. The van der Waals surface area contributed by atoms with E-state index in [9.17, 15) is 4.79 Å². The van der Waals surface area contributed by atoms with Crippen molar-refractivity contribution in [2.75, 3.05) is 6.61 Å². The van der Waals surface area contributed by atoms with Crippen molar-refractivity contribution in [2.45, 2.75) is 26.9 Å². The van der Waals surface area contributed by atoms with Crippen molar-refractivity contribution in [3.05, 3.63) is 12.7 Å². The number of rotatable bonds is 5. The molecule has 0 aliphatic rings. The maximum atomic E-state index is 11.1. The molecule has 0 amide bonds. The van der Waals surface area contributed by atoms with Gasteiger partial charge in [0.2, 0.25) is 0 Å². The summed E-state index contributed by atoms with van der Waals surface area (Å²) in [6.45, 7) is 9.79. The van der Waals surface area contributed by atoms with Crippen LogP contribution in [0.2, 0.25) is 0 Å². The van der Waals surface area contributed by atoms with Crippen LogP contribution >= 0.6 is 0 Å². The Morgan fingerprint density at radius 1 is 1.64 bits per heavy atom. The van der Waals surface area contributed by atoms with Gasteiger partial charge in [-0.2, -0.15) is 0 Å². The van der Waals surface area contributed by atoms with Gasteiger partial charge < -0.3 is 4.74 Å². The third-order valence-electron chi connectivity index (χ3n) is 1.43. The monoisotopic (exact) mass is 156 g/mol. The van der Waals surface area contributed by atoms with E-state index in [1.165, 1.54) is 6.08 Å². The highest BCUT2D eigenvalue weighted by Crippen LogP contribution is 2.07. The van der Waals surface area contributed by atoms with Crippen molar-refractivity contribution in [1.29, 1.82) is 0 Å². The highest BCUT2D eigenvalue weighted by molar-refractivity contribution is 5.93. The highest BCUT2D eigenvalue weighted by atomic mass is 16.5. The van der Waals surface area contributed by atoms with Crippen LogP contribution in [0.1, 0.15) is 20.8 Å². The Balaban J connectivity index is 4.08. The minimum Gasteiger partial charge on any atom is -0.370 e. The Hall–Kier alpha value is -0.630. The zero-order valence-corrected chi connectivity index (χ0v) is 7.46. The van der Waals surface area contributed by atoms with Crippen LogP contribution in [-0.2, 0) is 9.53 Å². The largest absolute Gasteiger partial charge is 0.370 e. The number of ether oxygens (including phenoxy) is 1. The lowest BCUT2D eigenvalue weighted by Gasteiger charge is -2.17. The molecule has 2 nitrogen and oxygen atoms in total. The maximum Gasteiger partial charge on any atom is 0.184 e. The molecular weight excluding hydrogens is 140 g/mol. The maximum absolute atomic E-state index is 11.1. The molecule has 0 aromatic rings. The van der Waals surface area contributed by atoms with Gasteiger partial charge in [-0.3, -0.25) is 4.79 Å². The quantitative estimate of drug-likeness (QED) is 0.567. The minimum absolute atomic E-state index is 0.0261. The molecule has 0 bridgehead atoms. The summed E-state index contributed by atoms with van der Waals surface area (Å²) in [4.78, 5) is 11.1. The molecule has 64 valence electrons. The molecule has 0 fully saturated rings. The van der Waals surface area contributed by atoms with E-state index in [0.29, 0.717) is 6.61 Å². The molecule has 0 aromatic carbocycles. The molecule has 0 aliphatic carbocycles. The van der Waals surface area contributed by atoms with Gasteiger partial charge in [-0.25, -0.2) is 0 Å². The summed E-state index contributed by atoms with van der Waals surface area (Å²) in [5.74, 6) is 0.197. The lowest BCUT2D eigenvalue weighted by molar-refractivity contribution is -0.127. The van der Waals surface area contributed by atoms with Crippen LogP contribution in [-0.4, -0.2) is 18.5 Å². The molecular formula is C9H16O2. The normalized spacial score (nSPS) is 13.1. The second kappa shape index (κ2) is 5.08. The Labute approximate surface area is 68.2 Å². The van der Waals surface area contributed by atoms with Crippen LogP contribution in [0.3, 0.4) is 0 Å². The van der Waals surface area contributed by atoms with E-state index in [1.807, 2.05) is 20.8 Å². The van der Waals surface area contributed by atoms with E-state index in [0.717, 1.165) is 0 Å². The van der Waals surface area contributed by atoms with E-state index in [2.05, 4.69) is 6.58 Å². The van der Waals surface area contributed by atoms with E-state index < -0.39 is 0 Å². The van der Waals surface area contributed by atoms with Crippen molar-refractivity contribution in [2.24, 2.45) is 5.92 Å². The predicted octanol–water partition coefficient (Wildman–Crippen LogP) is 1.80. The fourth-order valence-corrected chi connectivity index (χ4v) is 0.899. The zero-order valence-electron chi connectivity index (χ0n) is 7.46. The van der Waals surface area contributed by atoms with Crippen molar-refractivity contribution in [3.8, 4) is 0 Å². The van der Waals surface area contributed by atoms with E-state index in [-0.39, 0.29) is 17.8 Å². The number of carbonyl (C=O) groups excluding carboxylic acids is 1. The second-order valence-corrected chi connectivity index (χ2v) is 2.73. The number of ketones is 1. The first-order valence-corrected chi connectivity index (χ1v) is 3.91. The summed E-state index contributed by atoms with van der Waals surface area (Å²) in [6.07, 6.45) is 1.01. The zero-order chi connectivity index (χ0) is 8.85. The Bertz CT molecular complexity index is 138. The molecule has 0 aromatic heterocycles. The Kier molecular flexibility index (Phi) is 4.79. The van der Waals surface area contributed by atoms with Gasteiger partial charge in [0.25, 0.3) is 0 Å². The first-order valence-electron chi connectivity index (χ1n) is 3.91. The molecule has 1 unspecified atom stereocenters. The van der Waals surface area contributed by atoms with Gasteiger partial charge >= 0.3 is 0 Å². The Morgan fingerprint density at radius 3 is 2.45 bits per heavy atom. The minimum atomic E-state index is -0.308. The fourth-order valence-electron chi connectivity index (χ4n) is 0.899. The van der Waals surface area contributed by atoms with E-state index in [1.54, 1.807) is 0 Å². The van der Waals surface area contributed by atoms with Crippen molar-refractivity contribution in [3.63, 3.8) is 0 Å². The molecule has 0 aliphatic heterocycles. The summed E-state index contributed by atoms with van der Waals surface area (Å²) < 4.78 is 5.24.